The molecule has 28 heavy (non-hydrogen) atoms. The van der Waals surface area contributed by atoms with Crippen LogP contribution in [0.3, 0.4) is 0 Å². The molecule has 0 fully saturated rings. The minimum Gasteiger partial charge on any atom is -0.200 e. The van der Waals surface area contributed by atoms with Crippen LogP contribution in [-0.2, 0) is 7.05 Å². The molecule has 2 heteroatoms. The maximum Gasteiger partial charge on any atom is 0.220 e. The Morgan fingerprint density at radius 3 is 2.21 bits per heavy atom. The van der Waals surface area contributed by atoms with Gasteiger partial charge in [-0.25, -0.2) is 4.57 Å². The fraction of sp³-hybridized carbons (Fsp3) is 0.192. The molecule has 0 unspecified atom stereocenters. The molecule has 1 heterocycles. The van der Waals surface area contributed by atoms with Crippen LogP contribution >= 0.6 is 0 Å². The summed E-state index contributed by atoms with van der Waals surface area (Å²) in [5.41, 5.74) is 6.41. The lowest BCUT2D eigenvalue weighted by Crippen LogP contribution is -2.37. The van der Waals surface area contributed by atoms with E-state index in [0.29, 0.717) is 0 Å². The summed E-state index contributed by atoms with van der Waals surface area (Å²) < 4.78 is 2.26. The number of hydrogen-bond donors (Lipinski definition) is 0. The van der Waals surface area contributed by atoms with Crippen molar-refractivity contribution in [2.75, 3.05) is 0 Å². The summed E-state index contributed by atoms with van der Waals surface area (Å²) in [5, 5.41) is 4.16. The largest absolute Gasteiger partial charge is 0.220 e. The number of nitrogens with zero attached hydrogens (tertiary/aromatic N) is 1. The van der Waals surface area contributed by atoms with Crippen LogP contribution in [0.1, 0.15) is 5.56 Å². The summed E-state index contributed by atoms with van der Waals surface area (Å²) in [5.74, 6) is 0. The van der Waals surface area contributed by atoms with Gasteiger partial charge in [0.2, 0.25) is 5.69 Å². The van der Waals surface area contributed by atoms with E-state index in [4.69, 9.17) is 0 Å². The van der Waals surface area contributed by atoms with E-state index < -0.39 is 8.07 Å². The average molecular weight is 383 g/mol. The van der Waals surface area contributed by atoms with E-state index in [9.17, 15) is 0 Å². The highest BCUT2D eigenvalue weighted by Crippen LogP contribution is 2.31. The first-order valence-corrected chi connectivity index (χ1v) is 13.4. The van der Waals surface area contributed by atoms with E-state index in [2.05, 4.69) is 117 Å². The van der Waals surface area contributed by atoms with Gasteiger partial charge >= 0.3 is 0 Å². The van der Waals surface area contributed by atoms with Crippen molar-refractivity contribution in [2.24, 2.45) is 7.05 Å². The minimum atomic E-state index is -1.33. The molecule has 0 bridgehead atoms. The molecule has 4 aromatic rings. The van der Waals surface area contributed by atoms with Crippen LogP contribution in [0.2, 0.25) is 19.6 Å². The lowest BCUT2D eigenvalue weighted by Gasteiger charge is -2.17. The Bertz CT molecular complexity index is 1150. The van der Waals surface area contributed by atoms with Crippen molar-refractivity contribution in [2.45, 2.75) is 26.6 Å². The number of rotatable bonds is 3. The molecule has 0 amide bonds. The second kappa shape index (κ2) is 7.03. The van der Waals surface area contributed by atoms with Crippen LogP contribution in [0.25, 0.3) is 33.2 Å². The van der Waals surface area contributed by atoms with Gasteiger partial charge in [0.25, 0.3) is 0 Å². The van der Waals surface area contributed by atoms with Crippen molar-refractivity contribution < 1.29 is 4.57 Å². The monoisotopic (exact) mass is 382 g/mol. The first kappa shape index (κ1) is 18.6. The fourth-order valence-corrected chi connectivity index (χ4v) is 5.03. The zero-order chi connectivity index (χ0) is 19.9. The number of aryl methyl sites for hydroxylation is 2. The normalized spacial score (nSPS) is 11.8. The van der Waals surface area contributed by atoms with E-state index in [1.807, 2.05) is 0 Å². The van der Waals surface area contributed by atoms with E-state index >= 15 is 0 Å². The Morgan fingerprint density at radius 2 is 1.50 bits per heavy atom. The van der Waals surface area contributed by atoms with Crippen LogP contribution < -0.4 is 9.75 Å². The van der Waals surface area contributed by atoms with Gasteiger partial charge in [-0.1, -0.05) is 79.4 Å². The number of pyridine rings is 1. The Labute approximate surface area is 169 Å². The summed E-state index contributed by atoms with van der Waals surface area (Å²) in [6.45, 7) is 9.43. The summed E-state index contributed by atoms with van der Waals surface area (Å²) in [7, 11) is 0.817. The summed E-state index contributed by atoms with van der Waals surface area (Å²) in [6, 6.07) is 26.8. The van der Waals surface area contributed by atoms with Crippen LogP contribution in [-0.4, -0.2) is 8.07 Å². The van der Waals surface area contributed by atoms with Gasteiger partial charge < -0.3 is 0 Å². The van der Waals surface area contributed by atoms with Crippen LogP contribution in [0.4, 0.5) is 0 Å². The molecule has 0 aliphatic heterocycles. The molecule has 1 nitrogen and oxygen atoms in total. The number of fused-ring (bicyclic) bond motifs is 1. The smallest absolute Gasteiger partial charge is 0.200 e. The van der Waals surface area contributed by atoms with Gasteiger partial charge in [-0.15, -0.1) is 0 Å². The van der Waals surface area contributed by atoms with E-state index in [1.54, 1.807) is 0 Å². The Morgan fingerprint density at radius 1 is 0.750 bits per heavy atom. The topological polar surface area (TPSA) is 3.88 Å². The second-order valence-electron chi connectivity index (χ2n) is 8.72. The zero-order valence-corrected chi connectivity index (χ0v) is 18.5. The van der Waals surface area contributed by atoms with Gasteiger partial charge in [0.1, 0.15) is 7.05 Å². The van der Waals surface area contributed by atoms with Crippen LogP contribution in [0.15, 0.2) is 79.0 Å². The van der Waals surface area contributed by atoms with Gasteiger partial charge in [-0.2, -0.15) is 0 Å². The van der Waals surface area contributed by atoms with E-state index in [-0.39, 0.29) is 0 Å². The van der Waals surface area contributed by atoms with Crippen molar-refractivity contribution in [3.63, 3.8) is 0 Å². The van der Waals surface area contributed by atoms with Gasteiger partial charge in [0.15, 0.2) is 6.20 Å². The third-order valence-corrected chi connectivity index (χ3v) is 7.65. The predicted molar refractivity (Wildman–Crippen MR) is 124 cm³/mol. The standard InChI is InChI=1S/C26H28NSi/c1-19-11-12-21(20-9-7-6-8-10-20)18-25(19)26-24-14-13-23(28(3,4)5)17-22(24)15-16-27(26)2/h6-18H,1-5H3/q+1. The molecule has 0 aliphatic rings. The Hall–Kier alpha value is -2.71. The molecule has 4 rings (SSSR count). The molecule has 0 saturated carbocycles. The molecule has 0 atom stereocenters. The number of aromatic nitrogens is 1. The van der Waals surface area contributed by atoms with E-state index in [0.717, 1.165) is 0 Å². The lowest BCUT2D eigenvalue weighted by atomic mass is 9.95. The van der Waals surface area contributed by atoms with Gasteiger partial charge in [0, 0.05) is 6.07 Å². The number of benzene rings is 3. The second-order valence-corrected chi connectivity index (χ2v) is 13.8. The minimum absolute atomic E-state index is 1.26. The summed E-state index contributed by atoms with van der Waals surface area (Å²) in [4.78, 5) is 0. The third-order valence-electron chi connectivity index (χ3n) is 5.60. The first-order chi connectivity index (χ1) is 13.3. The average Bonchev–Trinajstić information content (AvgIpc) is 2.68. The summed E-state index contributed by atoms with van der Waals surface area (Å²) in [6.07, 6.45) is 2.19. The molecule has 0 saturated heterocycles. The molecule has 0 radical (unpaired) electrons. The van der Waals surface area contributed by atoms with Crippen LogP contribution in [0.5, 0.6) is 0 Å². The summed E-state index contributed by atoms with van der Waals surface area (Å²) >= 11 is 0. The van der Waals surface area contributed by atoms with Crippen LogP contribution in [0, 0.1) is 6.92 Å². The molecule has 0 N–H and O–H groups in total. The van der Waals surface area contributed by atoms with Gasteiger partial charge in [-0.3, -0.25) is 0 Å². The van der Waals surface area contributed by atoms with Crippen molar-refractivity contribution in [1.82, 2.24) is 0 Å². The molecule has 0 spiro atoms. The highest BCUT2D eigenvalue weighted by atomic mass is 28.3. The quantitative estimate of drug-likeness (QED) is 0.309. The fourth-order valence-electron chi connectivity index (χ4n) is 3.86. The van der Waals surface area contributed by atoms with Gasteiger partial charge in [-0.05, 0) is 41.1 Å². The molecular formula is C26H28NSi+. The van der Waals surface area contributed by atoms with Crippen molar-refractivity contribution in [1.29, 1.82) is 0 Å². The molecule has 1 aromatic heterocycles. The molecule has 140 valence electrons. The number of hydrogen-bond acceptors (Lipinski definition) is 0. The maximum absolute atomic E-state index is 2.41. The first-order valence-electron chi connectivity index (χ1n) is 9.94. The van der Waals surface area contributed by atoms with Gasteiger partial charge in [0.05, 0.1) is 19.0 Å². The SMILES string of the molecule is Cc1ccc(-c2ccccc2)cc1-c1c2ccc([Si](C)(C)C)cc2cc[n+]1C. The van der Waals surface area contributed by atoms with Crippen molar-refractivity contribution in [3.8, 4) is 22.4 Å². The molecular weight excluding hydrogens is 354 g/mol. The van der Waals surface area contributed by atoms with Crippen molar-refractivity contribution >= 4 is 24.0 Å². The molecule has 0 aliphatic carbocycles. The highest BCUT2D eigenvalue weighted by molar-refractivity contribution is 6.88. The maximum atomic E-state index is 2.41. The Balaban J connectivity index is 1.95. The predicted octanol–water partition coefficient (Wildman–Crippen LogP) is 5.85. The zero-order valence-electron chi connectivity index (χ0n) is 17.5. The highest BCUT2D eigenvalue weighted by Gasteiger charge is 2.21. The van der Waals surface area contributed by atoms with E-state index in [1.165, 1.54) is 43.9 Å². The third kappa shape index (κ3) is 3.40. The van der Waals surface area contributed by atoms with Crippen molar-refractivity contribution in [3.05, 3.63) is 84.6 Å². The lowest BCUT2D eigenvalue weighted by molar-refractivity contribution is -0.659. The molecule has 3 aromatic carbocycles. The Kier molecular flexibility index (Phi) is 4.68.